The molecule has 0 aliphatic carbocycles. The summed E-state index contributed by atoms with van der Waals surface area (Å²) in [6, 6.07) is 21.3. The summed E-state index contributed by atoms with van der Waals surface area (Å²) in [4.78, 5) is 23.9. The molecule has 138 valence electrons. The number of hydrogen-bond donors (Lipinski definition) is 0. The van der Waals surface area contributed by atoms with Gasteiger partial charge in [0.2, 0.25) is 5.78 Å². The molecule has 0 fully saturated rings. The molecule has 3 aromatic rings. The van der Waals surface area contributed by atoms with Gasteiger partial charge in [-0.2, -0.15) is 0 Å². The van der Waals surface area contributed by atoms with E-state index in [1.807, 2.05) is 42.5 Å². The van der Waals surface area contributed by atoms with E-state index in [2.05, 4.69) is 12.1 Å². The van der Waals surface area contributed by atoms with Crippen molar-refractivity contribution >= 4 is 17.8 Å². The summed E-state index contributed by atoms with van der Waals surface area (Å²) >= 11 is 0. The lowest BCUT2D eigenvalue weighted by atomic mass is 10.0. The molecule has 3 aromatic carbocycles. The Morgan fingerprint density at radius 3 is 2.32 bits per heavy atom. The standard InChI is InChI=1S/C24H18O4/c1-15-12-20(27-16(2)25)14-21-23(15)24(26)22(28-21)13-17-8-10-19(11-9-17)18-6-4-3-5-7-18/h3-14H,1-2H3/b22-13-. The van der Waals surface area contributed by atoms with Crippen LogP contribution in [-0.4, -0.2) is 11.8 Å². The number of carbonyl (C=O) groups excluding carboxylic acids is 2. The lowest BCUT2D eigenvalue weighted by molar-refractivity contribution is -0.131. The third kappa shape index (κ3) is 3.45. The molecule has 28 heavy (non-hydrogen) atoms. The number of rotatable bonds is 3. The van der Waals surface area contributed by atoms with Crippen LogP contribution < -0.4 is 9.47 Å². The van der Waals surface area contributed by atoms with E-state index in [-0.39, 0.29) is 11.5 Å². The van der Waals surface area contributed by atoms with Crippen LogP contribution >= 0.6 is 0 Å². The molecular formula is C24H18O4. The SMILES string of the molecule is CC(=O)Oc1cc(C)c2c(c1)O/C(=C\c1ccc(-c3ccccc3)cc1)C2=O. The number of benzene rings is 3. The average Bonchev–Trinajstić information content (AvgIpc) is 2.98. The maximum Gasteiger partial charge on any atom is 0.308 e. The van der Waals surface area contributed by atoms with E-state index in [1.165, 1.54) is 6.92 Å². The summed E-state index contributed by atoms with van der Waals surface area (Å²) in [5.74, 6) is 0.441. The van der Waals surface area contributed by atoms with Gasteiger partial charge in [0.1, 0.15) is 11.5 Å². The van der Waals surface area contributed by atoms with Crippen molar-refractivity contribution < 1.29 is 19.1 Å². The number of carbonyl (C=O) groups is 2. The van der Waals surface area contributed by atoms with E-state index >= 15 is 0 Å². The Morgan fingerprint density at radius 2 is 1.64 bits per heavy atom. The van der Waals surface area contributed by atoms with Gasteiger partial charge in [-0.05, 0) is 41.3 Å². The number of fused-ring (bicyclic) bond motifs is 1. The topological polar surface area (TPSA) is 52.6 Å². The fourth-order valence-electron chi connectivity index (χ4n) is 3.26. The first-order chi connectivity index (χ1) is 13.5. The zero-order valence-corrected chi connectivity index (χ0v) is 15.6. The van der Waals surface area contributed by atoms with Gasteiger partial charge in [-0.1, -0.05) is 54.6 Å². The van der Waals surface area contributed by atoms with Gasteiger partial charge in [0.25, 0.3) is 0 Å². The van der Waals surface area contributed by atoms with Crippen LogP contribution in [0.15, 0.2) is 72.5 Å². The predicted octanol–water partition coefficient (Wildman–Crippen LogP) is 5.20. The van der Waals surface area contributed by atoms with Gasteiger partial charge < -0.3 is 9.47 Å². The van der Waals surface area contributed by atoms with Crippen molar-refractivity contribution in [1.29, 1.82) is 0 Å². The second-order valence-electron chi connectivity index (χ2n) is 6.63. The molecule has 0 spiro atoms. The summed E-state index contributed by atoms with van der Waals surface area (Å²) in [5.41, 5.74) is 4.32. The minimum Gasteiger partial charge on any atom is -0.452 e. The van der Waals surface area contributed by atoms with Gasteiger partial charge in [-0.15, -0.1) is 0 Å². The number of Topliss-reactive ketones (excluding diaryl/α,β-unsaturated/α-hetero) is 1. The normalized spacial score (nSPS) is 13.9. The molecule has 0 bridgehead atoms. The highest BCUT2D eigenvalue weighted by atomic mass is 16.5. The highest BCUT2D eigenvalue weighted by Crippen LogP contribution is 2.37. The molecule has 0 N–H and O–H groups in total. The smallest absolute Gasteiger partial charge is 0.308 e. The molecule has 1 heterocycles. The number of ketones is 1. The highest BCUT2D eigenvalue weighted by molar-refractivity contribution is 6.15. The van der Waals surface area contributed by atoms with E-state index in [0.717, 1.165) is 16.7 Å². The summed E-state index contributed by atoms with van der Waals surface area (Å²) in [6.07, 6.45) is 1.72. The molecule has 0 unspecified atom stereocenters. The van der Waals surface area contributed by atoms with Crippen LogP contribution in [0.25, 0.3) is 17.2 Å². The first-order valence-corrected chi connectivity index (χ1v) is 8.94. The van der Waals surface area contributed by atoms with E-state index in [0.29, 0.717) is 22.6 Å². The van der Waals surface area contributed by atoms with E-state index < -0.39 is 5.97 Å². The molecule has 4 nitrogen and oxygen atoms in total. The van der Waals surface area contributed by atoms with Crippen molar-refractivity contribution in [2.24, 2.45) is 0 Å². The van der Waals surface area contributed by atoms with Gasteiger partial charge in [0.05, 0.1) is 5.56 Å². The molecule has 0 atom stereocenters. The predicted molar refractivity (Wildman–Crippen MR) is 107 cm³/mol. The first kappa shape index (κ1) is 17.7. The van der Waals surface area contributed by atoms with Crippen LogP contribution in [-0.2, 0) is 4.79 Å². The molecule has 0 saturated heterocycles. The molecule has 4 heteroatoms. The van der Waals surface area contributed by atoms with Crippen LogP contribution in [0.4, 0.5) is 0 Å². The average molecular weight is 370 g/mol. The van der Waals surface area contributed by atoms with Gasteiger partial charge >= 0.3 is 5.97 Å². The lowest BCUT2D eigenvalue weighted by Crippen LogP contribution is -2.02. The fraction of sp³-hybridized carbons (Fsp3) is 0.0833. The third-order valence-corrected chi connectivity index (χ3v) is 4.52. The molecule has 0 radical (unpaired) electrons. The number of allylic oxidation sites excluding steroid dienone is 1. The van der Waals surface area contributed by atoms with Crippen LogP contribution in [0.2, 0.25) is 0 Å². The molecule has 0 aromatic heterocycles. The van der Waals surface area contributed by atoms with Crippen molar-refractivity contribution in [3.8, 4) is 22.6 Å². The molecule has 4 rings (SSSR count). The minimum atomic E-state index is -0.419. The third-order valence-electron chi connectivity index (χ3n) is 4.52. The van der Waals surface area contributed by atoms with Crippen molar-refractivity contribution in [2.45, 2.75) is 13.8 Å². The highest BCUT2D eigenvalue weighted by Gasteiger charge is 2.30. The van der Waals surface area contributed by atoms with Gasteiger partial charge in [0.15, 0.2) is 5.76 Å². The Balaban J connectivity index is 1.61. The Hall–Kier alpha value is -3.66. The molecule has 0 saturated carbocycles. The number of hydrogen-bond acceptors (Lipinski definition) is 4. The maximum absolute atomic E-state index is 12.7. The van der Waals surface area contributed by atoms with E-state index in [1.54, 1.807) is 25.1 Å². The fourth-order valence-corrected chi connectivity index (χ4v) is 3.26. The molecule has 1 aliphatic rings. The molecule has 1 aliphatic heterocycles. The summed E-state index contributed by atoms with van der Waals surface area (Å²) in [6.45, 7) is 3.13. The summed E-state index contributed by atoms with van der Waals surface area (Å²) < 4.78 is 10.9. The Bertz CT molecular complexity index is 1090. The molecule has 0 amide bonds. The van der Waals surface area contributed by atoms with Crippen LogP contribution in [0.1, 0.15) is 28.4 Å². The van der Waals surface area contributed by atoms with Gasteiger partial charge in [-0.25, -0.2) is 0 Å². The molecular weight excluding hydrogens is 352 g/mol. The van der Waals surface area contributed by atoms with Gasteiger partial charge in [0, 0.05) is 13.0 Å². The first-order valence-electron chi connectivity index (χ1n) is 8.94. The summed E-state index contributed by atoms with van der Waals surface area (Å²) in [7, 11) is 0. The van der Waals surface area contributed by atoms with E-state index in [4.69, 9.17) is 9.47 Å². The number of aryl methyl sites for hydroxylation is 1. The summed E-state index contributed by atoms with van der Waals surface area (Å²) in [5, 5.41) is 0. The van der Waals surface area contributed by atoms with Crippen LogP contribution in [0, 0.1) is 6.92 Å². The van der Waals surface area contributed by atoms with Crippen LogP contribution in [0.3, 0.4) is 0 Å². The Kier molecular flexibility index (Phi) is 4.53. The second-order valence-corrected chi connectivity index (χ2v) is 6.63. The van der Waals surface area contributed by atoms with Crippen molar-refractivity contribution in [3.05, 3.63) is 89.2 Å². The monoisotopic (exact) mass is 370 g/mol. The van der Waals surface area contributed by atoms with Crippen LogP contribution in [0.5, 0.6) is 11.5 Å². The lowest BCUT2D eigenvalue weighted by Gasteiger charge is -2.05. The van der Waals surface area contributed by atoms with E-state index in [9.17, 15) is 9.59 Å². The van der Waals surface area contributed by atoms with Gasteiger partial charge in [-0.3, -0.25) is 9.59 Å². The quantitative estimate of drug-likeness (QED) is 0.361. The zero-order chi connectivity index (χ0) is 19.7. The second kappa shape index (κ2) is 7.16. The van der Waals surface area contributed by atoms with Crippen molar-refractivity contribution in [2.75, 3.05) is 0 Å². The number of esters is 1. The minimum absolute atomic E-state index is 0.172. The largest absolute Gasteiger partial charge is 0.452 e. The zero-order valence-electron chi connectivity index (χ0n) is 15.6. The van der Waals surface area contributed by atoms with Crippen molar-refractivity contribution in [3.63, 3.8) is 0 Å². The Morgan fingerprint density at radius 1 is 0.964 bits per heavy atom. The Labute approximate surface area is 163 Å². The maximum atomic E-state index is 12.7. The van der Waals surface area contributed by atoms with Crippen molar-refractivity contribution in [1.82, 2.24) is 0 Å². The number of ether oxygens (including phenoxy) is 2.